The van der Waals surface area contributed by atoms with Crippen LogP contribution in [0.1, 0.15) is 18.4 Å². The fraction of sp³-hybridized carbons (Fsp3) is 0.0270. The van der Waals surface area contributed by atoms with Gasteiger partial charge in [-0.1, -0.05) is 170 Å². The standard InChI is InChI=1S/C74H56N4/c1-9-25-55(26-10-1)73-69-51-49-68(78(62-39-23-8-24-40-62)66-47-43-64(44-48-66)76(59-33-17-5-18-34-59)60-35-19-6-20-36-60)54-72(69)74(56-27-11-2-12-28-56)70-52-50-67(53-71(70)73)77(61-37-21-7-22-38-61)65-45-41-63(42-46-65)75(57-29-13-3-14-30-57)58-31-15-4-16-32-58/h1-11,13-27,29-54H,12,28H2. The van der Waals surface area contributed by atoms with Crippen molar-refractivity contribution < 1.29 is 0 Å². The van der Waals surface area contributed by atoms with Crippen LogP contribution in [-0.2, 0) is 0 Å². The van der Waals surface area contributed by atoms with E-state index in [2.05, 4.69) is 335 Å². The molecule has 0 bridgehead atoms. The van der Waals surface area contributed by atoms with Gasteiger partial charge in [-0.05, 0) is 202 Å². The van der Waals surface area contributed by atoms with Crippen LogP contribution in [0.3, 0.4) is 0 Å². The molecule has 4 heteroatoms. The zero-order valence-corrected chi connectivity index (χ0v) is 43.2. The summed E-state index contributed by atoms with van der Waals surface area (Å²) in [6.45, 7) is 0. The molecule has 13 rings (SSSR count). The Bertz CT molecular complexity index is 3960. The summed E-state index contributed by atoms with van der Waals surface area (Å²) in [5.41, 5.74) is 18.1. The van der Waals surface area contributed by atoms with E-state index >= 15 is 0 Å². The molecular formula is C74H56N4. The van der Waals surface area contributed by atoms with Crippen molar-refractivity contribution in [2.45, 2.75) is 12.8 Å². The number of benzene rings is 12. The second-order valence-corrected chi connectivity index (χ2v) is 19.6. The van der Waals surface area contributed by atoms with Gasteiger partial charge in [-0.3, -0.25) is 0 Å². The molecule has 1 aliphatic rings. The number of hydrogen-bond acceptors (Lipinski definition) is 4. The first-order valence-electron chi connectivity index (χ1n) is 26.9. The van der Waals surface area contributed by atoms with Gasteiger partial charge in [0.1, 0.15) is 0 Å². The van der Waals surface area contributed by atoms with E-state index in [0.717, 1.165) is 81.1 Å². The monoisotopic (exact) mass is 1000 g/mol. The Morgan fingerprint density at radius 2 is 0.500 bits per heavy atom. The summed E-state index contributed by atoms with van der Waals surface area (Å²) >= 11 is 0. The fourth-order valence-electron chi connectivity index (χ4n) is 11.3. The van der Waals surface area contributed by atoms with E-state index < -0.39 is 0 Å². The van der Waals surface area contributed by atoms with Crippen molar-refractivity contribution in [3.8, 4) is 11.1 Å². The minimum absolute atomic E-state index is 0.950. The molecule has 12 aromatic rings. The molecule has 0 unspecified atom stereocenters. The molecule has 0 heterocycles. The summed E-state index contributed by atoms with van der Waals surface area (Å²) in [4.78, 5) is 9.42. The van der Waals surface area contributed by atoms with Gasteiger partial charge >= 0.3 is 0 Å². The predicted molar refractivity (Wildman–Crippen MR) is 332 cm³/mol. The van der Waals surface area contributed by atoms with Crippen LogP contribution >= 0.6 is 0 Å². The number of para-hydroxylation sites is 6. The minimum atomic E-state index is 0.950. The van der Waals surface area contributed by atoms with Crippen molar-refractivity contribution >= 4 is 95.4 Å². The molecule has 4 nitrogen and oxygen atoms in total. The van der Waals surface area contributed by atoms with Gasteiger partial charge in [0.05, 0.1) is 0 Å². The number of anilines is 12. The van der Waals surface area contributed by atoms with Gasteiger partial charge in [-0.25, -0.2) is 0 Å². The Morgan fingerprint density at radius 3 is 0.821 bits per heavy atom. The molecule has 0 atom stereocenters. The van der Waals surface area contributed by atoms with Gasteiger partial charge in [-0.2, -0.15) is 0 Å². The second-order valence-electron chi connectivity index (χ2n) is 19.6. The van der Waals surface area contributed by atoms with Crippen molar-refractivity contribution in [3.05, 3.63) is 321 Å². The van der Waals surface area contributed by atoms with Crippen molar-refractivity contribution in [1.29, 1.82) is 0 Å². The maximum absolute atomic E-state index is 2.44. The van der Waals surface area contributed by atoms with Crippen LogP contribution in [0.25, 0.3) is 38.2 Å². The molecule has 0 saturated heterocycles. The summed E-state index contributed by atoms with van der Waals surface area (Å²) < 4.78 is 0. The van der Waals surface area contributed by atoms with Crippen LogP contribution < -0.4 is 19.6 Å². The number of fused-ring (bicyclic) bond motifs is 2. The highest BCUT2D eigenvalue weighted by Gasteiger charge is 2.24. The number of nitrogens with zero attached hydrogens (tertiary/aromatic N) is 4. The lowest BCUT2D eigenvalue weighted by molar-refractivity contribution is 1.06. The summed E-state index contributed by atoms with van der Waals surface area (Å²) in [6, 6.07) is 107. The average Bonchev–Trinajstić information content (AvgIpc) is 3.59. The fourth-order valence-corrected chi connectivity index (χ4v) is 11.3. The molecule has 0 aliphatic heterocycles. The smallest absolute Gasteiger partial charge is 0.0468 e. The second kappa shape index (κ2) is 21.6. The zero-order chi connectivity index (χ0) is 52.0. The summed E-state index contributed by atoms with van der Waals surface area (Å²) in [5.74, 6) is 0. The predicted octanol–water partition coefficient (Wildman–Crippen LogP) is 21.3. The molecule has 78 heavy (non-hydrogen) atoms. The SMILES string of the molecule is C1=CCCC(c2c3cc(N(c4ccccc4)c4ccc(N(c5ccccc5)c5ccccc5)cc4)ccc3c(-c3ccccc3)c3cc(N(c4ccccc4)c4ccc(N(c5ccccc5)c5ccccc5)cc4)ccc23)=C1. The average molecular weight is 1000 g/mol. The molecule has 0 fully saturated rings. The minimum Gasteiger partial charge on any atom is -0.311 e. The van der Waals surface area contributed by atoms with Crippen LogP contribution in [0.4, 0.5) is 68.2 Å². The Morgan fingerprint density at radius 1 is 0.231 bits per heavy atom. The molecule has 0 aromatic heterocycles. The third kappa shape index (κ3) is 9.37. The van der Waals surface area contributed by atoms with Gasteiger partial charge in [0, 0.05) is 68.2 Å². The molecule has 0 amide bonds. The molecule has 0 N–H and O–H groups in total. The normalized spacial score (nSPS) is 12.0. The topological polar surface area (TPSA) is 13.0 Å². The maximum atomic E-state index is 2.44. The molecule has 0 saturated carbocycles. The van der Waals surface area contributed by atoms with Crippen LogP contribution in [0.5, 0.6) is 0 Å². The molecule has 0 radical (unpaired) electrons. The highest BCUT2D eigenvalue weighted by Crippen LogP contribution is 2.49. The third-order valence-electron chi connectivity index (χ3n) is 14.8. The van der Waals surface area contributed by atoms with Crippen LogP contribution in [0.2, 0.25) is 0 Å². The van der Waals surface area contributed by atoms with Gasteiger partial charge in [0.2, 0.25) is 0 Å². The van der Waals surface area contributed by atoms with E-state index in [1.807, 2.05) is 0 Å². The highest BCUT2D eigenvalue weighted by atomic mass is 15.2. The van der Waals surface area contributed by atoms with Crippen molar-refractivity contribution in [2.75, 3.05) is 19.6 Å². The Hall–Kier alpha value is -10.2. The van der Waals surface area contributed by atoms with Gasteiger partial charge in [0.15, 0.2) is 0 Å². The quantitative estimate of drug-likeness (QED) is 0.101. The van der Waals surface area contributed by atoms with E-state index in [0.29, 0.717) is 0 Å². The number of rotatable bonds is 14. The Kier molecular flexibility index (Phi) is 13.2. The first-order valence-corrected chi connectivity index (χ1v) is 26.9. The lowest BCUT2D eigenvalue weighted by atomic mass is 9.83. The Labute approximate surface area is 457 Å². The molecule has 372 valence electrons. The summed E-state index contributed by atoms with van der Waals surface area (Å²) in [7, 11) is 0. The van der Waals surface area contributed by atoms with E-state index in [9.17, 15) is 0 Å². The first kappa shape index (κ1) is 47.5. The van der Waals surface area contributed by atoms with E-state index in [-0.39, 0.29) is 0 Å². The molecule has 1 aliphatic carbocycles. The van der Waals surface area contributed by atoms with Crippen molar-refractivity contribution in [2.24, 2.45) is 0 Å². The van der Waals surface area contributed by atoms with Crippen molar-refractivity contribution in [1.82, 2.24) is 0 Å². The Balaban J connectivity index is 0.981. The van der Waals surface area contributed by atoms with E-state index in [1.54, 1.807) is 0 Å². The largest absolute Gasteiger partial charge is 0.311 e. The highest BCUT2D eigenvalue weighted by molar-refractivity contribution is 6.20. The van der Waals surface area contributed by atoms with Crippen LogP contribution in [-0.4, -0.2) is 0 Å². The first-order chi connectivity index (χ1) is 38.7. The number of hydrogen-bond donors (Lipinski definition) is 0. The molecule has 12 aromatic carbocycles. The van der Waals surface area contributed by atoms with Gasteiger partial charge < -0.3 is 19.6 Å². The van der Waals surface area contributed by atoms with Gasteiger partial charge in [0.25, 0.3) is 0 Å². The molecule has 0 spiro atoms. The number of allylic oxidation sites excluding steroid dienone is 4. The lowest BCUT2D eigenvalue weighted by Crippen LogP contribution is -2.12. The van der Waals surface area contributed by atoms with E-state index in [4.69, 9.17) is 0 Å². The van der Waals surface area contributed by atoms with Gasteiger partial charge in [-0.15, -0.1) is 0 Å². The lowest BCUT2D eigenvalue weighted by Gasteiger charge is -2.30. The van der Waals surface area contributed by atoms with E-state index in [1.165, 1.54) is 43.8 Å². The zero-order valence-electron chi connectivity index (χ0n) is 43.2. The summed E-state index contributed by atoms with van der Waals surface area (Å²) in [5, 5.41) is 4.87. The maximum Gasteiger partial charge on any atom is 0.0468 e. The van der Waals surface area contributed by atoms with Crippen LogP contribution in [0, 0.1) is 0 Å². The molecular weight excluding hydrogens is 945 g/mol. The van der Waals surface area contributed by atoms with Crippen molar-refractivity contribution in [3.63, 3.8) is 0 Å². The van der Waals surface area contributed by atoms with Crippen LogP contribution in [0.15, 0.2) is 315 Å². The summed E-state index contributed by atoms with van der Waals surface area (Å²) in [6.07, 6.45) is 8.80. The third-order valence-corrected chi connectivity index (χ3v) is 14.8.